The van der Waals surface area contributed by atoms with Gasteiger partial charge in [-0.2, -0.15) is 10.4 Å². The number of hydrogen-bond acceptors (Lipinski definition) is 3. The van der Waals surface area contributed by atoms with Crippen LogP contribution in [0.4, 0.5) is 0 Å². The summed E-state index contributed by atoms with van der Waals surface area (Å²) in [7, 11) is 0. The van der Waals surface area contributed by atoms with E-state index in [9.17, 15) is 5.26 Å². The zero-order valence-corrected chi connectivity index (χ0v) is 14.9. The number of benzene rings is 2. The lowest BCUT2D eigenvalue weighted by Gasteiger charge is -2.10. The number of halogens is 2. The summed E-state index contributed by atoms with van der Waals surface area (Å²) in [5, 5.41) is 15.1. The first kappa shape index (κ1) is 17.1. The molecular weight excluding hydrogens is 355 g/mol. The molecule has 0 saturated carbocycles. The van der Waals surface area contributed by atoms with Gasteiger partial charge in [-0.3, -0.25) is 0 Å². The predicted octanol–water partition coefficient (Wildman–Crippen LogP) is 4.96. The first-order valence-electron chi connectivity index (χ1n) is 7.42. The topological polar surface area (TPSA) is 67.6 Å². The summed E-state index contributed by atoms with van der Waals surface area (Å²) in [6.45, 7) is 5.72. The largest absolute Gasteiger partial charge is 0.397 e. The number of nitriles is 1. The normalized spacial score (nSPS) is 10.5. The molecule has 0 aliphatic carbocycles. The molecule has 0 bridgehead atoms. The van der Waals surface area contributed by atoms with E-state index >= 15 is 0 Å². The number of rotatable bonds is 3. The summed E-state index contributed by atoms with van der Waals surface area (Å²) in [4.78, 5) is 0. The van der Waals surface area contributed by atoms with Crippen molar-refractivity contribution in [3.63, 3.8) is 0 Å². The van der Waals surface area contributed by atoms with Gasteiger partial charge in [0.05, 0.1) is 22.1 Å². The minimum absolute atomic E-state index is 0.216. The number of aromatic nitrogens is 2. The van der Waals surface area contributed by atoms with Crippen molar-refractivity contribution in [2.24, 2.45) is 5.73 Å². The van der Waals surface area contributed by atoms with Gasteiger partial charge in [0.1, 0.15) is 17.3 Å². The molecule has 0 amide bonds. The van der Waals surface area contributed by atoms with Crippen LogP contribution in [0, 0.1) is 18.3 Å². The number of aryl methyl sites for hydroxylation is 1. The maximum Gasteiger partial charge on any atom is 0.126 e. The van der Waals surface area contributed by atoms with E-state index in [1.165, 1.54) is 0 Å². The Kier molecular flexibility index (Phi) is 4.54. The molecule has 0 saturated heterocycles. The van der Waals surface area contributed by atoms with Crippen LogP contribution in [0.3, 0.4) is 0 Å². The molecule has 0 aliphatic heterocycles. The molecule has 4 nitrogen and oxygen atoms in total. The molecule has 0 aliphatic rings. The van der Waals surface area contributed by atoms with Crippen LogP contribution in [0.1, 0.15) is 16.8 Å². The second-order valence-electron chi connectivity index (χ2n) is 5.58. The Morgan fingerprint density at radius 1 is 1.20 bits per heavy atom. The second-order valence-corrected chi connectivity index (χ2v) is 6.43. The minimum atomic E-state index is 0.216. The highest BCUT2D eigenvalue weighted by molar-refractivity contribution is 6.35. The Morgan fingerprint density at radius 2 is 1.88 bits per heavy atom. The SMILES string of the molecule is C=C(N)c1nn(-c2ccc(Cl)cc2Cl)c(-c2ccc(C)cc2)c1C#N. The van der Waals surface area contributed by atoms with Crippen LogP contribution in [-0.2, 0) is 0 Å². The summed E-state index contributed by atoms with van der Waals surface area (Å²) < 4.78 is 1.61. The highest BCUT2D eigenvalue weighted by Crippen LogP contribution is 2.33. The van der Waals surface area contributed by atoms with E-state index in [1.54, 1.807) is 22.9 Å². The lowest BCUT2D eigenvalue weighted by molar-refractivity contribution is 0.880. The molecule has 2 N–H and O–H groups in total. The van der Waals surface area contributed by atoms with Gasteiger partial charge in [0, 0.05) is 10.6 Å². The van der Waals surface area contributed by atoms with Gasteiger partial charge in [0.25, 0.3) is 0 Å². The highest BCUT2D eigenvalue weighted by Gasteiger charge is 2.22. The van der Waals surface area contributed by atoms with E-state index < -0.39 is 0 Å². The number of nitrogens with two attached hydrogens (primary N) is 1. The van der Waals surface area contributed by atoms with Crippen LogP contribution in [0.15, 0.2) is 49.0 Å². The lowest BCUT2D eigenvalue weighted by Crippen LogP contribution is -2.02. The van der Waals surface area contributed by atoms with Gasteiger partial charge in [-0.25, -0.2) is 4.68 Å². The van der Waals surface area contributed by atoms with Gasteiger partial charge < -0.3 is 5.73 Å². The highest BCUT2D eigenvalue weighted by atomic mass is 35.5. The van der Waals surface area contributed by atoms with Crippen molar-refractivity contribution in [3.8, 4) is 23.0 Å². The van der Waals surface area contributed by atoms with Crippen LogP contribution in [0.25, 0.3) is 22.6 Å². The average Bonchev–Trinajstić information content (AvgIpc) is 2.95. The van der Waals surface area contributed by atoms with Gasteiger partial charge in [-0.05, 0) is 25.1 Å². The van der Waals surface area contributed by atoms with Crippen molar-refractivity contribution in [1.29, 1.82) is 5.26 Å². The first-order valence-corrected chi connectivity index (χ1v) is 8.18. The van der Waals surface area contributed by atoms with Gasteiger partial charge >= 0.3 is 0 Å². The van der Waals surface area contributed by atoms with Crippen LogP contribution in [-0.4, -0.2) is 9.78 Å². The molecule has 0 fully saturated rings. The van der Waals surface area contributed by atoms with Crippen molar-refractivity contribution >= 4 is 28.9 Å². The molecule has 0 spiro atoms. The van der Waals surface area contributed by atoms with Crippen molar-refractivity contribution in [1.82, 2.24) is 9.78 Å². The quantitative estimate of drug-likeness (QED) is 0.710. The fraction of sp³-hybridized carbons (Fsp3) is 0.0526. The van der Waals surface area contributed by atoms with E-state index in [0.29, 0.717) is 32.7 Å². The third-order valence-electron chi connectivity index (χ3n) is 3.76. The summed E-state index contributed by atoms with van der Waals surface area (Å²) in [6, 6.07) is 15.1. The molecule has 0 unspecified atom stereocenters. The molecule has 0 atom stereocenters. The molecule has 0 radical (unpaired) electrons. The van der Waals surface area contributed by atoms with Crippen molar-refractivity contribution in [2.75, 3.05) is 0 Å². The van der Waals surface area contributed by atoms with Crippen LogP contribution < -0.4 is 5.73 Å². The summed E-state index contributed by atoms with van der Waals surface area (Å²) in [6.07, 6.45) is 0. The number of nitrogens with zero attached hydrogens (tertiary/aromatic N) is 3. The summed E-state index contributed by atoms with van der Waals surface area (Å²) in [5.74, 6) is 0. The van der Waals surface area contributed by atoms with E-state index in [-0.39, 0.29) is 5.70 Å². The summed E-state index contributed by atoms with van der Waals surface area (Å²) in [5.41, 5.74) is 9.89. The molecule has 6 heteroatoms. The van der Waals surface area contributed by atoms with Gasteiger partial charge in [-0.15, -0.1) is 0 Å². The Hall–Kier alpha value is -2.74. The Labute approximate surface area is 155 Å². The molecule has 2 aromatic carbocycles. The molecule has 3 rings (SSSR count). The fourth-order valence-electron chi connectivity index (χ4n) is 2.55. The summed E-state index contributed by atoms with van der Waals surface area (Å²) >= 11 is 12.3. The Balaban J connectivity index is 2.36. The zero-order chi connectivity index (χ0) is 18.1. The third kappa shape index (κ3) is 3.12. The molecule has 1 aromatic heterocycles. The van der Waals surface area contributed by atoms with E-state index in [0.717, 1.165) is 11.1 Å². The van der Waals surface area contributed by atoms with Crippen LogP contribution in [0.5, 0.6) is 0 Å². The van der Waals surface area contributed by atoms with Gasteiger partial charge in [-0.1, -0.05) is 59.6 Å². The smallest absolute Gasteiger partial charge is 0.126 e. The van der Waals surface area contributed by atoms with Crippen LogP contribution in [0.2, 0.25) is 10.0 Å². The van der Waals surface area contributed by atoms with E-state index in [1.807, 2.05) is 31.2 Å². The van der Waals surface area contributed by atoms with Crippen molar-refractivity contribution in [3.05, 3.63) is 75.9 Å². The molecule has 25 heavy (non-hydrogen) atoms. The first-order chi connectivity index (χ1) is 11.9. The third-order valence-corrected chi connectivity index (χ3v) is 4.30. The van der Waals surface area contributed by atoms with Gasteiger partial charge in [0.2, 0.25) is 0 Å². The molecule has 3 aromatic rings. The average molecular weight is 369 g/mol. The molecule has 124 valence electrons. The minimum Gasteiger partial charge on any atom is -0.397 e. The predicted molar refractivity (Wildman–Crippen MR) is 102 cm³/mol. The molecular formula is C19H14Cl2N4. The van der Waals surface area contributed by atoms with E-state index in [2.05, 4.69) is 17.7 Å². The van der Waals surface area contributed by atoms with Gasteiger partial charge in [0.15, 0.2) is 0 Å². The monoisotopic (exact) mass is 368 g/mol. The van der Waals surface area contributed by atoms with E-state index in [4.69, 9.17) is 28.9 Å². The second kappa shape index (κ2) is 6.64. The van der Waals surface area contributed by atoms with Crippen molar-refractivity contribution < 1.29 is 0 Å². The zero-order valence-electron chi connectivity index (χ0n) is 13.4. The number of hydrogen-bond donors (Lipinski definition) is 1. The molecule has 1 heterocycles. The lowest BCUT2D eigenvalue weighted by atomic mass is 10.0. The maximum atomic E-state index is 9.68. The standard InChI is InChI=1S/C19H14Cl2N4/c1-11-3-5-13(6-4-11)19-15(10-22)18(12(2)23)24-25(19)17-8-7-14(20)9-16(17)21/h3-9H,2,23H2,1H3. The Morgan fingerprint density at radius 3 is 2.44 bits per heavy atom. The Bertz CT molecular complexity index is 1010. The van der Waals surface area contributed by atoms with Crippen molar-refractivity contribution in [2.45, 2.75) is 6.92 Å². The maximum absolute atomic E-state index is 9.68. The fourth-order valence-corrected chi connectivity index (χ4v) is 3.04. The van der Waals surface area contributed by atoms with Crippen LogP contribution >= 0.6 is 23.2 Å².